The predicted octanol–water partition coefficient (Wildman–Crippen LogP) is 11.7. The van der Waals surface area contributed by atoms with Crippen LogP contribution in [0.2, 0.25) is 0 Å². The second-order valence-electron chi connectivity index (χ2n) is 12.8. The first kappa shape index (κ1) is 32.6. The molecule has 5 heterocycles. The van der Waals surface area contributed by atoms with Crippen molar-refractivity contribution in [2.24, 2.45) is 0 Å². The fourth-order valence-electron chi connectivity index (χ4n) is 7.44. The zero-order valence-electron chi connectivity index (χ0n) is 28.3. The van der Waals surface area contributed by atoms with Gasteiger partial charge in [0.2, 0.25) is 0 Å². The van der Waals surface area contributed by atoms with Crippen LogP contribution in [0.1, 0.15) is 33.9 Å². The molecule has 0 fully saturated rings. The third-order valence-corrected chi connectivity index (χ3v) is 9.77. The third kappa shape index (κ3) is 5.35. The van der Waals surface area contributed by atoms with Gasteiger partial charge < -0.3 is 9.97 Å². The maximum absolute atomic E-state index is 16.5. The summed E-state index contributed by atoms with van der Waals surface area (Å²) in [6, 6.07) is 42.3. The molecule has 0 spiro atoms. The van der Waals surface area contributed by atoms with Gasteiger partial charge in [-0.1, -0.05) is 133 Å². The Morgan fingerprint density at radius 3 is 1.34 bits per heavy atom. The summed E-state index contributed by atoms with van der Waals surface area (Å²) in [5.41, 5.74) is 11.4. The standard InChI is InChI=1S/C46H26F2N4.Zn/c47-44-31-19-11-10-18-30(31)43-38-25-24-36(51-38)41(28-14-6-2-7-15-28)34-21-20-33(49-34)40(27-12-4-1-5-13-27)35-22-23-37(50-35)42(29-16-8-3-9-17-29)39-26-32(45(44)48)46(43)52-39;/h1-26H;/q-2;+2. The quantitative estimate of drug-likeness (QED) is 0.169. The maximum Gasteiger partial charge on any atom is 2.00 e. The van der Waals surface area contributed by atoms with E-state index in [9.17, 15) is 0 Å². The van der Waals surface area contributed by atoms with Crippen LogP contribution < -0.4 is 9.97 Å². The van der Waals surface area contributed by atoms with E-state index >= 15 is 8.78 Å². The molecule has 53 heavy (non-hydrogen) atoms. The summed E-state index contributed by atoms with van der Waals surface area (Å²) in [5, 5.41) is 0. The molecule has 0 atom stereocenters. The van der Waals surface area contributed by atoms with Crippen LogP contribution in [0.15, 0.2) is 133 Å². The van der Waals surface area contributed by atoms with Crippen LogP contribution in [0.3, 0.4) is 0 Å². The van der Waals surface area contributed by atoms with E-state index in [1.165, 1.54) is 0 Å². The fraction of sp³-hybridized carbons (Fsp3) is 0. The van der Waals surface area contributed by atoms with Crippen LogP contribution in [-0.2, 0) is 19.5 Å². The molecule has 1 aliphatic carbocycles. The molecule has 246 valence electrons. The van der Waals surface area contributed by atoms with Crippen molar-refractivity contribution in [3.63, 3.8) is 0 Å². The monoisotopic (exact) mass is 736 g/mol. The van der Waals surface area contributed by atoms with Crippen LogP contribution >= 0.6 is 0 Å². The minimum Gasteiger partial charge on any atom is -0.657 e. The van der Waals surface area contributed by atoms with Crippen molar-refractivity contribution in [2.75, 3.05) is 0 Å². The Morgan fingerprint density at radius 1 is 0.377 bits per heavy atom. The minimum absolute atomic E-state index is 0. The van der Waals surface area contributed by atoms with E-state index in [-0.39, 0.29) is 30.6 Å². The van der Waals surface area contributed by atoms with Crippen molar-refractivity contribution < 1.29 is 28.3 Å². The summed E-state index contributed by atoms with van der Waals surface area (Å²) >= 11 is 0. The Hall–Kier alpha value is -6.30. The van der Waals surface area contributed by atoms with Gasteiger partial charge >= 0.3 is 19.5 Å². The van der Waals surface area contributed by atoms with Crippen molar-refractivity contribution in [3.8, 4) is 44.5 Å². The molecule has 7 aromatic rings. The van der Waals surface area contributed by atoms with Gasteiger partial charge in [0.25, 0.3) is 0 Å². The number of rotatable bonds is 3. The second kappa shape index (κ2) is 13.0. The molecule has 0 unspecified atom stereocenters. The van der Waals surface area contributed by atoms with Gasteiger partial charge in [-0.15, -0.1) is 22.1 Å². The molecule has 8 bridgehead atoms. The summed E-state index contributed by atoms with van der Waals surface area (Å²) in [4.78, 5) is 20.9. The minimum atomic E-state index is -0.964. The van der Waals surface area contributed by atoms with Gasteiger partial charge in [0.05, 0.1) is 22.8 Å². The Bertz CT molecular complexity index is 2850. The molecule has 10 rings (SSSR count). The molecule has 4 nitrogen and oxygen atoms in total. The average molecular weight is 738 g/mol. The van der Waals surface area contributed by atoms with Crippen LogP contribution in [0.5, 0.6) is 0 Å². The normalized spacial score (nSPS) is 12.7. The largest absolute Gasteiger partial charge is 2.00 e. The van der Waals surface area contributed by atoms with Gasteiger partial charge in [-0.05, 0) is 68.8 Å². The maximum atomic E-state index is 16.5. The Morgan fingerprint density at radius 2 is 0.792 bits per heavy atom. The fourth-order valence-corrected chi connectivity index (χ4v) is 7.44. The first-order chi connectivity index (χ1) is 25.6. The molecule has 0 amide bonds. The molecular weight excluding hydrogens is 712 g/mol. The van der Waals surface area contributed by atoms with Crippen LogP contribution in [0.4, 0.5) is 8.78 Å². The van der Waals surface area contributed by atoms with Crippen molar-refractivity contribution in [1.82, 2.24) is 19.9 Å². The van der Waals surface area contributed by atoms with Gasteiger partial charge in [-0.3, -0.25) is 0 Å². The molecule has 0 N–H and O–H groups in total. The number of fused-ring (bicyclic) bond motifs is 10. The molecule has 0 radical (unpaired) electrons. The molecule has 2 aliphatic heterocycles. The number of hydrogen-bond donors (Lipinski definition) is 0. The second-order valence-corrected chi connectivity index (χ2v) is 12.8. The molecule has 7 heteroatoms. The molecule has 4 aromatic carbocycles. The SMILES string of the molecule is FC1=C(F)c2cc3[n-]c2c(c2ccc([n-]2)c(-c2ccccc2)c2nc(c(-c4ccccc4)c4nc(c3-c3ccccc3)C=C4)C=C2)-c2ccccc21.[Zn+2]. The zero-order valence-corrected chi connectivity index (χ0v) is 31.2. The molecule has 3 aromatic heterocycles. The number of hydrogen-bond acceptors (Lipinski definition) is 2. The Balaban J connectivity index is 0.00000372. The number of halogens is 2. The van der Waals surface area contributed by atoms with Crippen LogP contribution in [0, 0.1) is 0 Å². The summed E-state index contributed by atoms with van der Waals surface area (Å²) in [6.45, 7) is 0. The molecule has 0 saturated carbocycles. The van der Waals surface area contributed by atoms with Crippen molar-refractivity contribution in [2.45, 2.75) is 0 Å². The van der Waals surface area contributed by atoms with Gasteiger partial charge in [0.1, 0.15) is 0 Å². The molecular formula is C46H26F2N4Zn. The van der Waals surface area contributed by atoms with E-state index in [1.807, 2.05) is 121 Å². The molecule has 3 aliphatic rings. The van der Waals surface area contributed by atoms with Crippen molar-refractivity contribution >= 4 is 58.0 Å². The Kier molecular flexibility index (Phi) is 8.02. The van der Waals surface area contributed by atoms with E-state index < -0.39 is 11.7 Å². The van der Waals surface area contributed by atoms with E-state index in [0.717, 1.165) is 44.9 Å². The predicted molar refractivity (Wildman–Crippen MR) is 208 cm³/mol. The van der Waals surface area contributed by atoms with E-state index in [4.69, 9.17) is 19.9 Å². The molecule has 0 saturated heterocycles. The first-order valence-corrected chi connectivity index (χ1v) is 17.0. The number of aromatic nitrogens is 4. The summed E-state index contributed by atoms with van der Waals surface area (Å²) in [5.74, 6) is -1.90. The number of nitrogens with zero attached hydrogens (tertiary/aromatic N) is 4. The van der Waals surface area contributed by atoms with Crippen molar-refractivity contribution in [3.05, 3.63) is 167 Å². The third-order valence-electron chi connectivity index (χ3n) is 9.77. The van der Waals surface area contributed by atoms with E-state index in [1.54, 1.807) is 24.3 Å². The first-order valence-electron chi connectivity index (χ1n) is 17.0. The smallest absolute Gasteiger partial charge is 0.657 e. The van der Waals surface area contributed by atoms with Crippen molar-refractivity contribution in [1.29, 1.82) is 0 Å². The van der Waals surface area contributed by atoms with Gasteiger partial charge in [0.15, 0.2) is 11.7 Å². The topological polar surface area (TPSA) is 54.0 Å². The van der Waals surface area contributed by atoms with E-state index in [2.05, 4.69) is 12.1 Å². The number of benzene rings is 4. The summed E-state index contributed by atoms with van der Waals surface area (Å²) in [6.07, 6.45) is 8.00. The van der Waals surface area contributed by atoms with Gasteiger partial charge in [-0.25, -0.2) is 18.7 Å². The summed E-state index contributed by atoms with van der Waals surface area (Å²) in [7, 11) is 0. The van der Waals surface area contributed by atoms with E-state index in [0.29, 0.717) is 44.5 Å². The van der Waals surface area contributed by atoms with Gasteiger partial charge in [0, 0.05) is 11.1 Å². The average Bonchev–Trinajstić information content (AvgIpc) is 4.02. The zero-order chi connectivity index (χ0) is 34.8. The van der Waals surface area contributed by atoms with Crippen LogP contribution in [0.25, 0.3) is 103 Å². The van der Waals surface area contributed by atoms with Crippen LogP contribution in [-0.4, -0.2) is 9.97 Å². The summed E-state index contributed by atoms with van der Waals surface area (Å²) < 4.78 is 32.7. The van der Waals surface area contributed by atoms with Gasteiger partial charge in [-0.2, -0.15) is 0 Å². The Labute approximate surface area is 316 Å².